The molecule has 160 valence electrons. The third-order valence-electron chi connectivity index (χ3n) is 4.98. The van der Waals surface area contributed by atoms with E-state index in [0.717, 1.165) is 33.5 Å². The molecule has 0 bridgehead atoms. The lowest BCUT2D eigenvalue weighted by Gasteiger charge is -2.30. The Morgan fingerprint density at radius 2 is 2.00 bits per heavy atom. The second kappa shape index (κ2) is 9.26. The molecule has 1 aliphatic rings. The predicted molar refractivity (Wildman–Crippen MR) is 122 cm³/mol. The Bertz CT molecular complexity index is 1080. The van der Waals surface area contributed by atoms with Gasteiger partial charge in [-0.25, -0.2) is 9.78 Å². The van der Waals surface area contributed by atoms with E-state index in [2.05, 4.69) is 15.6 Å². The van der Waals surface area contributed by atoms with Gasteiger partial charge in [-0.05, 0) is 61.9 Å². The highest BCUT2D eigenvalue weighted by molar-refractivity contribution is 7.99. The summed E-state index contributed by atoms with van der Waals surface area (Å²) in [7, 11) is 0. The maximum Gasteiger partial charge on any atom is 0.326 e. The molecule has 3 amide bonds. The zero-order valence-corrected chi connectivity index (χ0v) is 18.3. The quantitative estimate of drug-likeness (QED) is 0.619. The summed E-state index contributed by atoms with van der Waals surface area (Å²) in [4.78, 5) is 31.6. The first-order valence-electron chi connectivity index (χ1n) is 10.1. The molecule has 4 rings (SSSR count). The Morgan fingerprint density at radius 3 is 2.74 bits per heavy atom. The van der Waals surface area contributed by atoms with Gasteiger partial charge in [-0.2, -0.15) is 0 Å². The fraction of sp³-hybridized carbons (Fsp3) is 0.261. The Kier molecular flexibility index (Phi) is 6.27. The molecule has 3 aromatic rings. The van der Waals surface area contributed by atoms with Gasteiger partial charge in [0.15, 0.2) is 0 Å². The summed E-state index contributed by atoms with van der Waals surface area (Å²) in [6, 6.07) is 12.4. The first kappa shape index (κ1) is 21.0. The van der Waals surface area contributed by atoms with E-state index in [0.29, 0.717) is 30.8 Å². The van der Waals surface area contributed by atoms with Crippen molar-refractivity contribution in [1.29, 1.82) is 0 Å². The monoisotopic (exact) mass is 436 g/mol. The molecular formula is C23H24N4O3S. The largest absolute Gasteiger partial charge is 0.469 e. The number of amides is 3. The maximum absolute atomic E-state index is 12.9. The highest BCUT2D eigenvalue weighted by Crippen LogP contribution is 2.36. The van der Waals surface area contributed by atoms with Gasteiger partial charge in [-0.3, -0.25) is 9.69 Å². The SMILES string of the molecule is Cc1cc(C)c2c(n1)SCCN2C(=O)Nc1ccc(C(=O)NCCc2ccco2)cc1. The molecule has 0 radical (unpaired) electrons. The number of nitrogens with one attached hydrogen (secondary N) is 2. The van der Waals surface area contributed by atoms with Crippen molar-refractivity contribution in [2.24, 2.45) is 0 Å². The lowest BCUT2D eigenvalue weighted by atomic mass is 10.2. The minimum absolute atomic E-state index is 0.163. The van der Waals surface area contributed by atoms with Crippen LogP contribution in [0.3, 0.4) is 0 Å². The minimum Gasteiger partial charge on any atom is -0.469 e. The van der Waals surface area contributed by atoms with E-state index in [1.807, 2.05) is 32.0 Å². The van der Waals surface area contributed by atoms with Crippen LogP contribution >= 0.6 is 11.8 Å². The van der Waals surface area contributed by atoms with Crippen molar-refractivity contribution in [3.63, 3.8) is 0 Å². The van der Waals surface area contributed by atoms with Crippen molar-refractivity contribution in [1.82, 2.24) is 10.3 Å². The summed E-state index contributed by atoms with van der Waals surface area (Å²) >= 11 is 1.67. The molecule has 0 aliphatic carbocycles. The average molecular weight is 437 g/mol. The molecule has 0 fully saturated rings. The lowest BCUT2D eigenvalue weighted by molar-refractivity contribution is 0.0953. The van der Waals surface area contributed by atoms with Crippen LogP contribution in [0.25, 0.3) is 0 Å². The summed E-state index contributed by atoms with van der Waals surface area (Å²) in [5, 5.41) is 6.68. The first-order valence-corrected chi connectivity index (χ1v) is 11.1. The smallest absolute Gasteiger partial charge is 0.326 e. The van der Waals surface area contributed by atoms with Gasteiger partial charge in [0, 0.05) is 42.2 Å². The van der Waals surface area contributed by atoms with Crippen LogP contribution in [-0.4, -0.2) is 35.8 Å². The normalized spacial score (nSPS) is 12.9. The number of carbonyl (C=O) groups is 2. The van der Waals surface area contributed by atoms with E-state index in [4.69, 9.17) is 4.42 Å². The molecule has 8 heteroatoms. The number of anilines is 2. The number of pyridine rings is 1. The molecule has 0 atom stereocenters. The third-order valence-corrected chi connectivity index (χ3v) is 5.93. The van der Waals surface area contributed by atoms with Gasteiger partial charge in [0.2, 0.25) is 0 Å². The summed E-state index contributed by atoms with van der Waals surface area (Å²) in [5.41, 5.74) is 4.02. The number of furan rings is 1. The highest BCUT2D eigenvalue weighted by Gasteiger charge is 2.26. The summed E-state index contributed by atoms with van der Waals surface area (Å²) in [6.45, 7) is 5.07. The molecule has 0 unspecified atom stereocenters. The summed E-state index contributed by atoms with van der Waals surface area (Å²) in [5.74, 6) is 1.47. The van der Waals surface area contributed by atoms with E-state index < -0.39 is 0 Å². The molecular weight excluding hydrogens is 412 g/mol. The van der Waals surface area contributed by atoms with Gasteiger partial charge < -0.3 is 15.1 Å². The summed E-state index contributed by atoms with van der Waals surface area (Å²) < 4.78 is 5.26. The van der Waals surface area contributed by atoms with Crippen LogP contribution in [0, 0.1) is 13.8 Å². The Labute approximate surface area is 185 Å². The van der Waals surface area contributed by atoms with Crippen molar-refractivity contribution >= 4 is 35.1 Å². The number of carbonyl (C=O) groups excluding carboxylic acids is 2. The van der Waals surface area contributed by atoms with Gasteiger partial charge in [0.25, 0.3) is 5.91 Å². The van der Waals surface area contributed by atoms with Crippen molar-refractivity contribution < 1.29 is 14.0 Å². The van der Waals surface area contributed by atoms with Crippen LogP contribution < -0.4 is 15.5 Å². The molecule has 3 heterocycles. The van der Waals surface area contributed by atoms with Crippen LogP contribution in [-0.2, 0) is 6.42 Å². The van der Waals surface area contributed by atoms with E-state index in [1.165, 1.54) is 0 Å². The van der Waals surface area contributed by atoms with Crippen molar-refractivity contribution in [2.45, 2.75) is 25.3 Å². The van der Waals surface area contributed by atoms with Crippen LogP contribution in [0.1, 0.15) is 27.4 Å². The zero-order chi connectivity index (χ0) is 21.8. The number of benzene rings is 1. The number of hydrogen-bond donors (Lipinski definition) is 2. The van der Waals surface area contributed by atoms with Gasteiger partial charge in [-0.1, -0.05) is 0 Å². The number of rotatable bonds is 5. The van der Waals surface area contributed by atoms with Gasteiger partial charge in [0.1, 0.15) is 10.8 Å². The second-order valence-corrected chi connectivity index (χ2v) is 8.41. The number of urea groups is 1. The van der Waals surface area contributed by atoms with Crippen molar-refractivity contribution in [3.05, 3.63) is 71.3 Å². The highest BCUT2D eigenvalue weighted by atomic mass is 32.2. The van der Waals surface area contributed by atoms with Crippen molar-refractivity contribution in [2.75, 3.05) is 29.1 Å². The molecule has 7 nitrogen and oxygen atoms in total. The van der Waals surface area contributed by atoms with Crippen LogP contribution in [0.2, 0.25) is 0 Å². The molecule has 2 aromatic heterocycles. The van der Waals surface area contributed by atoms with E-state index in [1.54, 1.807) is 47.2 Å². The Hall–Kier alpha value is -3.26. The average Bonchev–Trinajstić information content (AvgIpc) is 3.27. The molecule has 31 heavy (non-hydrogen) atoms. The number of aromatic nitrogens is 1. The number of fused-ring (bicyclic) bond motifs is 1. The molecule has 0 saturated carbocycles. The molecule has 0 spiro atoms. The van der Waals surface area contributed by atoms with E-state index in [-0.39, 0.29) is 11.9 Å². The van der Waals surface area contributed by atoms with E-state index in [9.17, 15) is 9.59 Å². The minimum atomic E-state index is -0.203. The standard InChI is InChI=1S/C23H24N4O3S/c1-15-14-16(2)25-22-20(15)27(11-13-31-22)23(29)26-18-7-5-17(6-8-18)21(28)24-10-9-19-4-3-12-30-19/h3-8,12,14H,9-11,13H2,1-2H3,(H,24,28)(H,26,29). The van der Waals surface area contributed by atoms with Crippen LogP contribution in [0.5, 0.6) is 0 Å². The van der Waals surface area contributed by atoms with Gasteiger partial charge in [0.05, 0.1) is 12.0 Å². The van der Waals surface area contributed by atoms with Crippen LogP contribution in [0.4, 0.5) is 16.2 Å². The van der Waals surface area contributed by atoms with Crippen LogP contribution in [0.15, 0.2) is 58.2 Å². The first-order chi connectivity index (χ1) is 15.0. The molecule has 1 aliphatic heterocycles. The Balaban J connectivity index is 1.37. The number of aryl methyl sites for hydroxylation is 2. The van der Waals surface area contributed by atoms with Crippen molar-refractivity contribution in [3.8, 4) is 0 Å². The number of thioether (sulfide) groups is 1. The zero-order valence-electron chi connectivity index (χ0n) is 17.5. The molecule has 0 saturated heterocycles. The number of hydrogen-bond acceptors (Lipinski definition) is 5. The second-order valence-electron chi connectivity index (χ2n) is 7.33. The molecule has 1 aromatic carbocycles. The molecule has 2 N–H and O–H groups in total. The van der Waals surface area contributed by atoms with Gasteiger partial charge >= 0.3 is 6.03 Å². The summed E-state index contributed by atoms with van der Waals surface area (Å²) in [6.07, 6.45) is 2.25. The fourth-order valence-electron chi connectivity index (χ4n) is 3.53. The van der Waals surface area contributed by atoms with Gasteiger partial charge in [-0.15, -0.1) is 11.8 Å². The lowest BCUT2D eigenvalue weighted by Crippen LogP contribution is -2.39. The predicted octanol–water partition coefficient (Wildman–Crippen LogP) is 4.41. The third kappa shape index (κ3) is 4.91. The maximum atomic E-state index is 12.9. The number of nitrogens with zero attached hydrogens (tertiary/aromatic N) is 2. The fourth-order valence-corrected chi connectivity index (χ4v) is 4.61. The van der Waals surface area contributed by atoms with E-state index >= 15 is 0 Å². The topological polar surface area (TPSA) is 87.5 Å². The Morgan fingerprint density at radius 1 is 1.19 bits per heavy atom.